The lowest BCUT2D eigenvalue weighted by atomic mass is 10.2. The van der Waals surface area contributed by atoms with Crippen molar-refractivity contribution in [1.29, 1.82) is 0 Å². The highest BCUT2D eigenvalue weighted by molar-refractivity contribution is 7.92. The van der Waals surface area contributed by atoms with E-state index < -0.39 is 10.0 Å². The Balaban J connectivity index is 2.81. The van der Waals surface area contributed by atoms with Gasteiger partial charge in [0.25, 0.3) is 0 Å². The number of hydrogen-bond donors (Lipinski definition) is 1. The number of hydrogen-bond acceptors (Lipinski definition) is 3. The van der Waals surface area contributed by atoms with Crippen LogP contribution >= 0.6 is 23.2 Å². The molecule has 0 atom stereocenters. The fourth-order valence-corrected chi connectivity index (χ4v) is 3.20. The molecule has 0 spiro atoms. The van der Waals surface area contributed by atoms with Crippen LogP contribution in [0.2, 0.25) is 10.0 Å². The van der Waals surface area contributed by atoms with Gasteiger partial charge in [0, 0.05) is 24.5 Å². The predicted octanol–water partition coefficient (Wildman–Crippen LogP) is 2.84. The minimum absolute atomic E-state index is 0.139. The van der Waals surface area contributed by atoms with Gasteiger partial charge in [0.15, 0.2) is 0 Å². The summed E-state index contributed by atoms with van der Waals surface area (Å²) >= 11 is 12.0. The van der Waals surface area contributed by atoms with Crippen LogP contribution in [0.15, 0.2) is 30.9 Å². The van der Waals surface area contributed by atoms with Crippen molar-refractivity contribution < 1.29 is 13.2 Å². The van der Waals surface area contributed by atoms with Crippen molar-refractivity contribution >= 4 is 44.8 Å². The molecular weight excluding hydrogens is 347 g/mol. The molecule has 0 heterocycles. The summed E-state index contributed by atoms with van der Waals surface area (Å²) < 4.78 is 25.1. The summed E-state index contributed by atoms with van der Waals surface area (Å²) in [6.07, 6.45) is 3.23. The Hall–Kier alpha value is -1.24. The van der Waals surface area contributed by atoms with Crippen LogP contribution in [0.25, 0.3) is 0 Å². The molecule has 0 aliphatic carbocycles. The molecule has 1 rings (SSSR count). The van der Waals surface area contributed by atoms with Crippen molar-refractivity contribution in [3.05, 3.63) is 40.9 Å². The van der Waals surface area contributed by atoms with Gasteiger partial charge in [-0.15, -0.1) is 6.58 Å². The second-order valence-corrected chi connectivity index (χ2v) is 7.38. The molecule has 22 heavy (non-hydrogen) atoms. The Kier molecular flexibility index (Phi) is 7.19. The van der Waals surface area contributed by atoms with Gasteiger partial charge in [0.05, 0.1) is 17.0 Å². The monoisotopic (exact) mass is 364 g/mol. The molecule has 1 amide bonds. The molecule has 0 aliphatic heterocycles. The topological polar surface area (TPSA) is 66.5 Å². The normalized spacial score (nSPS) is 11.0. The Bertz CT molecular complexity index is 647. The second-order valence-electron chi connectivity index (χ2n) is 4.63. The summed E-state index contributed by atoms with van der Waals surface area (Å²) in [5.41, 5.74) is 0.308. The SMILES string of the molecule is C=CCNC(=O)CCCN(c1cc(Cl)ccc1Cl)S(C)(=O)=O. The van der Waals surface area contributed by atoms with Gasteiger partial charge < -0.3 is 5.32 Å². The minimum atomic E-state index is -3.53. The molecule has 5 nitrogen and oxygen atoms in total. The molecule has 8 heteroatoms. The van der Waals surface area contributed by atoms with Crippen LogP contribution in [0, 0.1) is 0 Å². The van der Waals surface area contributed by atoms with E-state index in [9.17, 15) is 13.2 Å². The third kappa shape index (κ3) is 5.87. The summed E-state index contributed by atoms with van der Waals surface area (Å²) in [5, 5.41) is 3.30. The van der Waals surface area contributed by atoms with E-state index in [-0.39, 0.29) is 23.9 Å². The van der Waals surface area contributed by atoms with E-state index in [1.165, 1.54) is 12.1 Å². The molecular formula is C14H18Cl2N2O3S. The first kappa shape index (κ1) is 18.8. The Morgan fingerprint density at radius 2 is 2.09 bits per heavy atom. The van der Waals surface area contributed by atoms with Crippen LogP contribution in [0.5, 0.6) is 0 Å². The third-order valence-corrected chi connectivity index (χ3v) is 4.52. The zero-order valence-electron chi connectivity index (χ0n) is 12.2. The van der Waals surface area contributed by atoms with E-state index in [0.29, 0.717) is 23.7 Å². The van der Waals surface area contributed by atoms with Crippen LogP contribution in [0.1, 0.15) is 12.8 Å². The number of sulfonamides is 1. The molecule has 1 aromatic carbocycles. The fourth-order valence-electron chi connectivity index (χ4n) is 1.80. The number of anilines is 1. The van der Waals surface area contributed by atoms with Crippen molar-refractivity contribution in [1.82, 2.24) is 5.32 Å². The van der Waals surface area contributed by atoms with E-state index in [4.69, 9.17) is 23.2 Å². The van der Waals surface area contributed by atoms with Gasteiger partial charge in [-0.25, -0.2) is 8.42 Å². The average Bonchev–Trinajstić information content (AvgIpc) is 2.43. The van der Waals surface area contributed by atoms with E-state index in [1.54, 1.807) is 12.1 Å². The highest BCUT2D eigenvalue weighted by Crippen LogP contribution is 2.30. The molecule has 0 saturated heterocycles. The number of nitrogens with one attached hydrogen (secondary N) is 1. The number of carbonyl (C=O) groups is 1. The largest absolute Gasteiger partial charge is 0.353 e. The van der Waals surface area contributed by atoms with Gasteiger partial charge in [-0.3, -0.25) is 9.10 Å². The summed E-state index contributed by atoms with van der Waals surface area (Å²) in [7, 11) is -3.53. The highest BCUT2D eigenvalue weighted by Gasteiger charge is 2.20. The molecule has 1 N–H and O–H groups in total. The predicted molar refractivity (Wildman–Crippen MR) is 91.1 cm³/mol. The molecule has 0 aliphatic rings. The lowest BCUT2D eigenvalue weighted by molar-refractivity contribution is -0.120. The molecule has 1 aromatic rings. The van der Waals surface area contributed by atoms with Crippen molar-refractivity contribution in [3.63, 3.8) is 0 Å². The molecule has 0 aromatic heterocycles. The Labute approximate surface area is 140 Å². The first-order chi connectivity index (χ1) is 10.3. The van der Waals surface area contributed by atoms with Gasteiger partial charge in [-0.05, 0) is 24.6 Å². The number of halogens is 2. The molecule has 0 bridgehead atoms. The standard InChI is InChI=1S/C14H18Cl2N2O3S/c1-3-8-17-14(19)5-4-9-18(22(2,20)21)13-10-11(15)6-7-12(13)16/h3,6-7,10H,1,4-5,8-9H2,2H3,(H,17,19). The zero-order valence-corrected chi connectivity index (χ0v) is 14.5. The molecule has 0 saturated carbocycles. The number of benzene rings is 1. The third-order valence-electron chi connectivity index (χ3n) is 2.79. The van der Waals surface area contributed by atoms with Crippen molar-refractivity contribution in [2.75, 3.05) is 23.7 Å². The number of amides is 1. The second kappa shape index (κ2) is 8.41. The Morgan fingerprint density at radius 1 is 1.41 bits per heavy atom. The van der Waals surface area contributed by atoms with Gasteiger partial charge >= 0.3 is 0 Å². The van der Waals surface area contributed by atoms with E-state index in [1.807, 2.05) is 0 Å². The van der Waals surface area contributed by atoms with Crippen molar-refractivity contribution in [2.45, 2.75) is 12.8 Å². The molecule has 122 valence electrons. The zero-order chi connectivity index (χ0) is 16.8. The maximum Gasteiger partial charge on any atom is 0.232 e. The van der Waals surface area contributed by atoms with Crippen LogP contribution < -0.4 is 9.62 Å². The maximum absolute atomic E-state index is 12.0. The van der Waals surface area contributed by atoms with Crippen LogP contribution in [0.4, 0.5) is 5.69 Å². The average molecular weight is 365 g/mol. The van der Waals surface area contributed by atoms with Crippen molar-refractivity contribution in [3.8, 4) is 0 Å². The highest BCUT2D eigenvalue weighted by atomic mass is 35.5. The summed E-state index contributed by atoms with van der Waals surface area (Å²) in [5.74, 6) is -0.162. The van der Waals surface area contributed by atoms with Crippen LogP contribution in [0.3, 0.4) is 0 Å². The van der Waals surface area contributed by atoms with Gasteiger partial charge in [-0.2, -0.15) is 0 Å². The first-order valence-electron chi connectivity index (χ1n) is 6.56. The summed E-state index contributed by atoms with van der Waals surface area (Å²) in [6, 6.07) is 4.60. The molecule has 0 unspecified atom stereocenters. The smallest absolute Gasteiger partial charge is 0.232 e. The summed E-state index contributed by atoms with van der Waals surface area (Å²) in [6.45, 7) is 4.02. The number of rotatable bonds is 8. The van der Waals surface area contributed by atoms with E-state index in [0.717, 1.165) is 10.6 Å². The van der Waals surface area contributed by atoms with Gasteiger partial charge in [0.1, 0.15) is 0 Å². The quantitative estimate of drug-likeness (QED) is 0.721. The van der Waals surface area contributed by atoms with E-state index in [2.05, 4.69) is 11.9 Å². The van der Waals surface area contributed by atoms with Crippen LogP contribution in [-0.4, -0.2) is 33.7 Å². The lowest BCUT2D eigenvalue weighted by Crippen LogP contribution is -2.32. The number of nitrogens with zero attached hydrogens (tertiary/aromatic N) is 1. The lowest BCUT2D eigenvalue weighted by Gasteiger charge is -2.23. The summed E-state index contributed by atoms with van der Waals surface area (Å²) in [4.78, 5) is 11.5. The molecule has 0 fully saturated rings. The maximum atomic E-state index is 12.0. The van der Waals surface area contributed by atoms with Gasteiger partial charge in [0.2, 0.25) is 15.9 Å². The van der Waals surface area contributed by atoms with E-state index >= 15 is 0 Å². The fraction of sp³-hybridized carbons (Fsp3) is 0.357. The van der Waals surface area contributed by atoms with Crippen molar-refractivity contribution in [2.24, 2.45) is 0 Å². The molecule has 0 radical (unpaired) electrons. The Morgan fingerprint density at radius 3 is 2.68 bits per heavy atom. The minimum Gasteiger partial charge on any atom is -0.353 e. The van der Waals surface area contributed by atoms with Crippen LogP contribution in [-0.2, 0) is 14.8 Å². The number of carbonyl (C=O) groups excluding carboxylic acids is 1. The van der Waals surface area contributed by atoms with Gasteiger partial charge in [-0.1, -0.05) is 29.3 Å². The first-order valence-corrected chi connectivity index (χ1v) is 9.16.